The number of fused-ring (bicyclic) bond motifs is 1. The standard InChI is InChI=1S/C17H17NOS/c1-12(18)13-5-4-6-15(9-13)19-10-14-11-20-17-8-3-2-7-16(14)17/h2-9,11-12H,10,18H2,1H3/t12-/m0/s1. The van der Waals surface area contributed by atoms with E-state index in [9.17, 15) is 0 Å². The van der Waals surface area contributed by atoms with E-state index in [2.05, 4.69) is 29.6 Å². The maximum Gasteiger partial charge on any atom is 0.120 e. The summed E-state index contributed by atoms with van der Waals surface area (Å²) < 4.78 is 7.20. The van der Waals surface area contributed by atoms with Gasteiger partial charge in [0, 0.05) is 16.3 Å². The maximum absolute atomic E-state index is 5.90. The van der Waals surface area contributed by atoms with Crippen LogP contribution < -0.4 is 10.5 Å². The van der Waals surface area contributed by atoms with Crippen LogP contribution in [0, 0.1) is 0 Å². The van der Waals surface area contributed by atoms with Gasteiger partial charge in [0.05, 0.1) is 0 Å². The topological polar surface area (TPSA) is 35.2 Å². The third-order valence-corrected chi connectivity index (χ3v) is 4.35. The van der Waals surface area contributed by atoms with Crippen LogP contribution in [0.25, 0.3) is 10.1 Å². The Labute approximate surface area is 122 Å². The quantitative estimate of drug-likeness (QED) is 0.765. The summed E-state index contributed by atoms with van der Waals surface area (Å²) in [6.45, 7) is 2.57. The molecule has 0 radical (unpaired) electrons. The number of thiophene rings is 1. The molecule has 1 heterocycles. The van der Waals surface area contributed by atoms with E-state index in [0.717, 1.165) is 11.3 Å². The lowest BCUT2D eigenvalue weighted by Gasteiger charge is -2.09. The highest BCUT2D eigenvalue weighted by Gasteiger charge is 2.05. The molecule has 1 atom stereocenters. The van der Waals surface area contributed by atoms with Crippen molar-refractivity contribution in [1.82, 2.24) is 0 Å². The number of ether oxygens (including phenoxy) is 1. The molecule has 0 bridgehead atoms. The molecule has 0 unspecified atom stereocenters. The lowest BCUT2D eigenvalue weighted by atomic mass is 10.1. The molecule has 2 nitrogen and oxygen atoms in total. The predicted octanol–water partition coefficient (Wildman–Crippen LogP) is 4.50. The molecular weight excluding hydrogens is 266 g/mol. The van der Waals surface area contributed by atoms with Gasteiger partial charge < -0.3 is 10.5 Å². The van der Waals surface area contributed by atoms with E-state index in [4.69, 9.17) is 10.5 Å². The first-order chi connectivity index (χ1) is 9.74. The van der Waals surface area contributed by atoms with E-state index in [1.807, 2.05) is 31.2 Å². The average molecular weight is 283 g/mol. The van der Waals surface area contributed by atoms with Gasteiger partial charge in [0.25, 0.3) is 0 Å². The van der Waals surface area contributed by atoms with Crippen LogP contribution in [0.5, 0.6) is 5.75 Å². The molecule has 0 aliphatic heterocycles. The summed E-state index contributed by atoms with van der Waals surface area (Å²) in [6, 6.07) is 16.4. The molecule has 102 valence electrons. The lowest BCUT2D eigenvalue weighted by molar-refractivity contribution is 0.307. The van der Waals surface area contributed by atoms with Crippen LogP contribution in [-0.4, -0.2) is 0 Å². The average Bonchev–Trinajstić information content (AvgIpc) is 2.89. The largest absolute Gasteiger partial charge is 0.489 e. The van der Waals surface area contributed by atoms with Crippen LogP contribution >= 0.6 is 11.3 Å². The normalized spacial score (nSPS) is 12.5. The van der Waals surface area contributed by atoms with E-state index in [0.29, 0.717) is 6.61 Å². The summed E-state index contributed by atoms with van der Waals surface area (Å²) in [5.41, 5.74) is 8.22. The first-order valence-electron chi connectivity index (χ1n) is 6.67. The minimum absolute atomic E-state index is 0.0283. The van der Waals surface area contributed by atoms with Crippen molar-refractivity contribution in [2.45, 2.75) is 19.6 Å². The van der Waals surface area contributed by atoms with Crippen molar-refractivity contribution in [1.29, 1.82) is 0 Å². The molecule has 3 rings (SSSR count). The van der Waals surface area contributed by atoms with Crippen molar-refractivity contribution in [3.05, 3.63) is 65.0 Å². The van der Waals surface area contributed by atoms with Gasteiger partial charge in [-0.05, 0) is 41.5 Å². The first kappa shape index (κ1) is 13.2. The zero-order chi connectivity index (χ0) is 13.9. The van der Waals surface area contributed by atoms with Gasteiger partial charge in [-0.2, -0.15) is 0 Å². The SMILES string of the molecule is C[C@H](N)c1cccc(OCc2csc3ccccc23)c1. The second-order valence-corrected chi connectivity index (χ2v) is 5.82. The van der Waals surface area contributed by atoms with E-state index in [-0.39, 0.29) is 6.04 Å². The van der Waals surface area contributed by atoms with Crippen LogP contribution in [0.2, 0.25) is 0 Å². The fourth-order valence-electron chi connectivity index (χ4n) is 2.19. The molecule has 20 heavy (non-hydrogen) atoms. The highest BCUT2D eigenvalue weighted by molar-refractivity contribution is 7.17. The number of hydrogen-bond acceptors (Lipinski definition) is 3. The highest BCUT2D eigenvalue weighted by atomic mass is 32.1. The van der Waals surface area contributed by atoms with Crippen LogP contribution in [0.3, 0.4) is 0 Å². The Balaban J connectivity index is 1.78. The molecule has 3 heteroatoms. The van der Waals surface area contributed by atoms with Crippen molar-refractivity contribution in [2.75, 3.05) is 0 Å². The molecule has 0 aliphatic carbocycles. The maximum atomic E-state index is 5.90. The Hall–Kier alpha value is -1.84. The molecule has 3 aromatic rings. The minimum Gasteiger partial charge on any atom is -0.489 e. The van der Waals surface area contributed by atoms with Crippen LogP contribution in [-0.2, 0) is 6.61 Å². The fourth-order valence-corrected chi connectivity index (χ4v) is 3.14. The van der Waals surface area contributed by atoms with Crippen LogP contribution in [0.1, 0.15) is 24.1 Å². The van der Waals surface area contributed by atoms with Gasteiger partial charge in [-0.3, -0.25) is 0 Å². The number of hydrogen-bond donors (Lipinski definition) is 1. The van der Waals surface area contributed by atoms with E-state index in [1.54, 1.807) is 11.3 Å². The molecular formula is C17H17NOS. The van der Waals surface area contributed by atoms with Gasteiger partial charge in [0.15, 0.2) is 0 Å². The van der Waals surface area contributed by atoms with Crippen molar-refractivity contribution >= 4 is 21.4 Å². The van der Waals surface area contributed by atoms with Crippen LogP contribution in [0.4, 0.5) is 0 Å². The van der Waals surface area contributed by atoms with Gasteiger partial charge in [0.1, 0.15) is 12.4 Å². The lowest BCUT2D eigenvalue weighted by Crippen LogP contribution is -2.05. The van der Waals surface area contributed by atoms with Crippen molar-refractivity contribution in [3.63, 3.8) is 0 Å². The molecule has 2 aromatic carbocycles. The molecule has 0 amide bonds. The number of nitrogens with two attached hydrogens (primary N) is 1. The first-order valence-corrected chi connectivity index (χ1v) is 7.55. The summed E-state index contributed by atoms with van der Waals surface area (Å²) >= 11 is 1.76. The predicted molar refractivity (Wildman–Crippen MR) is 85.2 cm³/mol. The Morgan fingerprint density at radius 3 is 2.85 bits per heavy atom. The summed E-state index contributed by atoms with van der Waals surface area (Å²) in [4.78, 5) is 0. The zero-order valence-corrected chi connectivity index (χ0v) is 12.2. The summed E-state index contributed by atoms with van der Waals surface area (Å²) in [5.74, 6) is 0.870. The molecule has 1 aromatic heterocycles. The second-order valence-electron chi connectivity index (χ2n) is 4.91. The van der Waals surface area contributed by atoms with Gasteiger partial charge in [-0.1, -0.05) is 30.3 Å². The molecule has 2 N–H and O–H groups in total. The zero-order valence-electron chi connectivity index (χ0n) is 11.4. The Morgan fingerprint density at radius 1 is 1.15 bits per heavy atom. The van der Waals surface area contributed by atoms with Gasteiger partial charge in [-0.15, -0.1) is 11.3 Å². The smallest absolute Gasteiger partial charge is 0.120 e. The minimum atomic E-state index is 0.0283. The van der Waals surface area contributed by atoms with Crippen molar-refractivity contribution in [2.24, 2.45) is 5.73 Å². The van der Waals surface area contributed by atoms with Gasteiger partial charge in [-0.25, -0.2) is 0 Å². The molecule has 0 spiro atoms. The third-order valence-electron chi connectivity index (χ3n) is 3.34. The monoisotopic (exact) mass is 283 g/mol. The van der Waals surface area contributed by atoms with Crippen molar-refractivity contribution in [3.8, 4) is 5.75 Å². The fraction of sp³-hybridized carbons (Fsp3) is 0.176. The Kier molecular flexibility index (Phi) is 3.72. The van der Waals surface area contributed by atoms with Gasteiger partial charge in [0.2, 0.25) is 0 Å². The molecule has 0 saturated heterocycles. The summed E-state index contributed by atoms with van der Waals surface area (Å²) in [5, 5.41) is 3.45. The van der Waals surface area contributed by atoms with Crippen LogP contribution in [0.15, 0.2) is 53.9 Å². The van der Waals surface area contributed by atoms with E-state index >= 15 is 0 Å². The summed E-state index contributed by atoms with van der Waals surface area (Å²) in [6.07, 6.45) is 0. The molecule has 0 fully saturated rings. The van der Waals surface area contributed by atoms with E-state index in [1.165, 1.54) is 15.6 Å². The third kappa shape index (κ3) is 2.69. The van der Waals surface area contributed by atoms with Gasteiger partial charge >= 0.3 is 0 Å². The second kappa shape index (κ2) is 5.65. The molecule has 0 aliphatic rings. The Bertz CT molecular complexity index is 718. The number of benzene rings is 2. The molecule has 0 saturated carbocycles. The highest BCUT2D eigenvalue weighted by Crippen LogP contribution is 2.27. The number of rotatable bonds is 4. The summed E-state index contributed by atoms with van der Waals surface area (Å²) in [7, 11) is 0. The van der Waals surface area contributed by atoms with Crippen molar-refractivity contribution < 1.29 is 4.74 Å². The van der Waals surface area contributed by atoms with E-state index < -0.39 is 0 Å². The Morgan fingerprint density at radius 2 is 2.00 bits per heavy atom.